The number of rotatable bonds is 8. The highest BCUT2D eigenvalue weighted by molar-refractivity contribution is 5.79. The highest BCUT2D eigenvalue weighted by Crippen LogP contribution is 2.05. The molecule has 0 aliphatic carbocycles. The second-order valence-corrected chi connectivity index (χ2v) is 6.83. The second-order valence-electron chi connectivity index (χ2n) is 6.83. The molecule has 5 heteroatoms. The second kappa shape index (κ2) is 10.8. The first-order valence-corrected chi connectivity index (χ1v) is 9.02. The summed E-state index contributed by atoms with van der Waals surface area (Å²) in [6, 6.07) is 0. The van der Waals surface area contributed by atoms with Gasteiger partial charge in [-0.05, 0) is 25.3 Å². The Bertz CT molecular complexity index is 308. The van der Waals surface area contributed by atoms with Crippen molar-refractivity contribution in [1.82, 2.24) is 20.4 Å². The Balaban J connectivity index is 2.28. The van der Waals surface area contributed by atoms with E-state index in [1.54, 1.807) is 0 Å². The van der Waals surface area contributed by atoms with E-state index in [0.29, 0.717) is 11.8 Å². The van der Waals surface area contributed by atoms with Crippen molar-refractivity contribution in [3.63, 3.8) is 0 Å². The largest absolute Gasteiger partial charge is 0.357 e. The van der Waals surface area contributed by atoms with Crippen LogP contribution in [0.5, 0.6) is 0 Å². The Morgan fingerprint density at radius 1 is 1.00 bits per heavy atom. The van der Waals surface area contributed by atoms with Gasteiger partial charge in [0.1, 0.15) is 0 Å². The van der Waals surface area contributed by atoms with Crippen LogP contribution < -0.4 is 10.6 Å². The highest BCUT2D eigenvalue weighted by Gasteiger charge is 2.17. The molecule has 1 rings (SSSR count). The smallest absolute Gasteiger partial charge is 0.191 e. The molecule has 0 radical (unpaired) electrons. The fourth-order valence-corrected chi connectivity index (χ4v) is 2.68. The molecule has 1 unspecified atom stereocenters. The van der Waals surface area contributed by atoms with E-state index in [1.165, 1.54) is 39.3 Å². The first-order valence-electron chi connectivity index (χ1n) is 9.02. The van der Waals surface area contributed by atoms with Crippen LogP contribution in [0.3, 0.4) is 0 Å². The maximum Gasteiger partial charge on any atom is 0.191 e. The first kappa shape index (κ1) is 19.2. The maximum atomic E-state index is 4.63. The average Bonchev–Trinajstić information content (AvgIpc) is 2.50. The molecule has 130 valence electrons. The summed E-state index contributed by atoms with van der Waals surface area (Å²) in [5.74, 6) is 2.19. The number of piperazine rings is 1. The van der Waals surface area contributed by atoms with E-state index in [9.17, 15) is 0 Å². The van der Waals surface area contributed by atoms with Crippen molar-refractivity contribution in [1.29, 1.82) is 0 Å². The summed E-state index contributed by atoms with van der Waals surface area (Å²) in [5, 5.41) is 6.82. The quantitative estimate of drug-likeness (QED) is 0.526. The molecule has 1 heterocycles. The van der Waals surface area contributed by atoms with Crippen LogP contribution >= 0.6 is 0 Å². The van der Waals surface area contributed by atoms with Gasteiger partial charge in [-0.1, -0.05) is 27.7 Å². The summed E-state index contributed by atoms with van der Waals surface area (Å²) in [6.07, 6.45) is 0. The molecule has 0 aromatic rings. The van der Waals surface area contributed by atoms with Crippen LogP contribution in [0.2, 0.25) is 0 Å². The molecular weight excluding hydrogens is 274 g/mol. The molecule has 0 aromatic heterocycles. The SMILES string of the molecule is CCNC(=NCC(C)C)NCC(C)CN1CCN(CC)CC1. The number of aliphatic imine (C=N–C) groups is 1. The molecule has 22 heavy (non-hydrogen) atoms. The van der Waals surface area contributed by atoms with E-state index in [0.717, 1.165) is 25.6 Å². The predicted molar refractivity (Wildman–Crippen MR) is 96.5 cm³/mol. The van der Waals surface area contributed by atoms with E-state index in [-0.39, 0.29) is 0 Å². The number of hydrogen-bond donors (Lipinski definition) is 2. The standard InChI is InChI=1S/C17H37N5/c1-6-18-17(19-12-15(3)4)20-13-16(5)14-22-10-8-21(7-2)9-11-22/h15-16H,6-14H2,1-5H3,(H2,18,19,20). The summed E-state index contributed by atoms with van der Waals surface area (Å²) < 4.78 is 0. The molecule has 0 saturated carbocycles. The number of hydrogen-bond acceptors (Lipinski definition) is 3. The van der Waals surface area contributed by atoms with Gasteiger partial charge in [0.2, 0.25) is 0 Å². The van der Waals surface area contributed by atoms with Gasteiger partial charge in [-0.15, -0.1) is 0 Å². The molecule has 1 fully saturated rings. The van der Waals surface area contributed by atoms with Gasteiger partial charge in [-0.2, -0.15) is 0 Å². The zero-order valence-electron chi connectivity index (χ0n) is 15.4. The van der Waals surface area contributed by atoms with Crippen molar-refractivity contribution in [3.8, 4) is 0 Å². The molecule has 1 atom stereocenters. The van der Waals surface area contributed by atoms with Crippen molar-refractivity contribution in [3.05, 3.63) is 0 Å². The third-order valence-electron chi connectivity index (χ3n) is 4.06. The third-order valence-corrected chi connectivity index (χ3v) is 4.06. The topological polar surface area (TPSA) is 42.9 Å². The molecule has 0 amide bonds. The van der Waals surface area contributed by atoms with E-state index in [2.05, 4.69) is 60.0 Å². The molecule has 5 nitrogen and oxygen atoms in total. The lowest BCUT2D eigenvalue weighted by molar-refractivity contribution is 0.124. The minimum atomic E-state index is 0.600. The number of nitrogens with zero attached hydrogens (tertiary/aromatic N) is 3. The Kier molecular flexibility index (Phi) is 9.48. The van der Waals surface area contributed by atoms with Gasteiger partial charge in [0.05, 0.1) is 0 Å². The summed E-state index contributed by atoms with van der Waals surface area (Å²) in [4.78, 5) is 9.75. The van der Waals surface area contributed by atoms with Gasteiger partial charge in [0, 0.05) is 52.4 Å². The maximum absolute atomic E-state index is 4.63. The number of guanidine groups is 1. The van der Waals surface area contributed by atoms with Crippen LogP contribution in [0.15, 0.2) is 4.99 Å². The average molecular weight is 312 g/mol. The molecule has 1 aliphatic heterocycles. The van der Waals surface area contributed by atoms with Crippen molar-refractivity contribution in [2.45, 2.75) is 34.6 Å². The zero-order chi connectivity index (χ0) is 16.4. The fourth-order valence-electron chi connectivity index (χ4n) is 2.68. The van der Waals surface area contributed by atoms with Crippen LogP contribution in [0.1, 0.15) is 34.6 Å². The lowest BCUT2D eigenvalue weighted by Gasteiger charge is -2.35. The van der Waals surface area contributed by atoms with Crippen LogP contribution in [0, 0.1) is 11.8 Å². The lowest BCUT2D eigenvalue weighted by Crippen LogP contribution is -2.48. The molecule has 0 aromatic carbocycles. The summed E-state index contributed by atoms with van der Waals surface area (Å²) in [5.41, 5.74) is 0. The minimum absolute atomic E-state index is 0.600. The van der Waals surface area contributed by atoms with Crippen molar-refractivity contribution in [2.75, 3.05) is 58.9 Å². The molecule has 0 bridgehead atoms. The Hall–Kier alpha value is -0.810. The number of nitrogens with one attached hydrogen (secondary N) is 2. The van der Waals surface area contributed by atoms with Crippen molar-refractivity contribution >= 4 is 5.96 Å². The predicted octanol–water partition coefficient (Wildman–Crippen LogP) is 1.47. The van der Waals surface area contributed by atoms with Gasteiger partial charge >= 0.3 is 0 Å². The summed E-state index contributed by atoms with van der Waals surface area (Å²) in [7, 11) is 0. The molecular formula is C17H37N5. The minimum Gasteiger partial charge on any atom is -0.357 e. The summed E-state index contributed by atoms with van der Waals surface area (Å²) in [6.45, 7) is 21.1. The lowest BCUT2D eigenvalue weighted by atomic mass is 10.1. The van der Waals surface area contributed by atoms with E-state index in [1.807, 2.05) is 0 Å². The zero-order valence-corrected chi connectivity index (χ0v) is 15.4. The van der Waals surface area contributed by atoms with Crippen LogP contribution in [0.4, 0.5) is 0 Å². The monoisotopic (exact) mass is 311 g/mol. The Morgan fingerprint density at radius 2 is 1.64 bits per heavy atom. The number of likely N-dealkylation sites (N-methyl/N-ethyl adjacent to an activating group) is 1. The van der Waals surface area contributed by atoms with Crippen molar-refractivity contribution < 1.29 is 0 Å². The normalized spacial score (nSPS) is 19.5. The van der Waals surface area contributed by atoms with E-state index >= 15 is 0 Å². The Labute approximate surface area is 137 Å². The first-order chi connectivity index (χ1) is 10.5. The third kappa shape index (κ3) is 7.99. The Morgan fingerprint density at radius 3 is 2.18 bits per heavy atom. The van der Waals surface area contributed by atoms with Crippen LogP contribution in [-0.2, 0) is 0 Å². The van der Waals surface area contributed by atoms with Gasteiger partial charge in [0.15, 0.2) is 5.96 Å². The van der Waals surface area contributed by atoms with E-state index < -0.39 is 0 Å². The summed E-state index contributed by atoms with van der Waals surface area (Å²) >= 11 is 0. The molecule has 0 spiro atoms. The molecule has 2 N–H and O–H groups in total. The highest BCUT2D eigenvalue weighted by atomic mass is 15.3. The fraction of sp³-hybridized carbons (Fsp3) is 0.941. The van der Waals surface area contributed by atoms with Crippen molar-refractivity contribution in [2.24, 2.45) is 16.8 Å². The van der Waals surface area contributed by atoms with Gasteiger partial charge in [0.25, 0.3) is 0 Å². The van der Waals surface area contributed by atoms with Gasteiger partial charge in [-0.25, -0.2) is 0 Å². The van der Waals surface area contributed by atoms with Crippen LogP contribution in [-0.4, -0.2) is 74.7 Å². The van der Waals surface area contributed by atoms with Crippen LogP contribution in [0.25, 0.3) is 0 Å². The van der Waals surface area contributed by atoms with Gasteiger partial charge < -0.3 is 20.4 Å². The molecule has 1 aliphatic rings. The van der Waals surface area contributed by atoms with E-state index in [4.69, 9.17) is 0 Å². The van der Waals surface area contributed by atoms with Gasteiger partial charge in [-0.3, -0.25) is 4.99 Å². The molecule has 1 saturated heterocycles.